The summed E-state index contributed by atoms with van der Waals surface area (Å²) in [5, 5.41) is 11.5. The van der Waals surface area contributed by atoms with Crippen LogP contribution in [0.2, 0.25) is 0 Å². The predicted molar refractivity (Wildman–Crippen MR) is 74.2 cm³/mol. The molecule has 1 aromatic rings. The molecule has 0 radical (unpaired) electrons. The molecule has 1 heterocycles. The van der Waals surface area contributed by atoms with Gasteiger partial charge in [-0.25, -0.2) is 4.39 Å². The zero-order valence-electron chi connectivity index (χ0n) is 10.4. The van der Waals surface area contributed by atoms with Gasteiger partial charge in [-0.3, -0.25) is 0 Å². The Morgan fingerprint density at radius 1 is 1.63 bits per heavy atom. The highest BCUT2D eigenvalue weighted by atomic mass is 79.9. The van der Waals surface area contributed by atoms with Gasteiger partial charge in [0.2, 0.25) is 0 Å². The van der Waals surface area contributed by atoms with Crippen LogP contribution in [-0.2, 0) is 4.74 Å². The summed E-state index contributed by atoms with van der Waals surface area (Å²) in [6.45, 7) is 1.29. The molecule has 19 heavy (non-hydrogen) atoms. The average Bonchev–Trinajstić information content (AvgIpc) is 2.94. The Bertz CT molecular complexity index is 504. The van der Waals surface area contributed by atoms with Crippen LogP contribution in [0.4, 0.5) is 10.1 Å². The monoisotopic (exact) mass is 331 g/mol. The van der Waals surface area contributed by atoms with E-state index in [0.717, 1.165) is 6.42 Å². The Labute approximate surface area is 119 Å². The summed E-state index contributed by atoms with van der Waals surface area (Å²) in [6, 6.07) is 3.39. The lowest BCUT2D eigenvalue weighted by Crippen LogP contribution is -2.32. The molecule has 1 aromatic carbocycles. The lowest BCUT2D eigenvalue weighted by molar-refractivity contribution is 0.193. The fourth-order valence-electron chi connectivity index (χ4n) is 2.09. The van der Waals surface area contributed by atoms with Crippen molar-refractivity contribution >= 4 is 27.5 Å². The zero-order valence-corrected chi connectivity index (χ0v) is 12.0. The number of rotatable bonds is 3. The summed E-state index contributed by atoms with van der Waals surface area (Å²) in [7, 11) is 1.83. The Kier molecular flexibility index (Phi) is 4.26. The number of nitrogens with zero attached hydrogens (tertiary/aromatic N) is 2. The van der Waals surface area contributed by atoms with Gasteiger partial charge in [-0.15, -0.1) is 0 Å². The van der Waals surface area contributed by atoms with Gasteiger partial charge >= 0.3 is 0 Å². The number of nitrogens with two attached hydrogens (primary N) is 1. The molecule has 1 unspecified atom stereocenters. The minimum absolute atomic E-state index is 0.135. The Balaban J connectivity index is 2.35. The van der Waals surface area contributed by atoms with Crippen molar-refractivity contribution in [1.29, 1.82) is 0 Å². The van der Waals surface area contributed by atoms with E-state index in [4.69, 9.17) is 15.7 Å². The van der Waals surface area contributed by atoms with Crippen LogP contribution in [0.25, 0.3) is 0 Å². The summed E-state index contributed by atoms with van der Waals surface area (Å²) >= 11 is 3.14. The first-order valence-electron chi connectivity index (χ1n) is 5.82. The summed E-state index contributed by atoms with van der Waals surface area (Å²) in [6.07, 6.45) is 0.871. The van der Waals surface area contributed by atoms with E-state index in [9.17, 15) is 4.39 Å². The van der Waals surface area contributed by atoms with Gasteiger partial charge in [0.15, 0.2) is 11.7 Å². The molecule has 0 spiro atoms. The van der Waals surface area contributed by atoms with E-state index in [1.807, 2.05) is 11.9 Å². The Morgan fingerprint density at radius 2 is 2.37 bits per heavy atom. The fraction of sp³-hybridized carbons (Fsp3) is 0.417. The van der Waals surface area contributed by atoms with Crippen molar-refractivity contribution in [2.75, 3.05) is 25.2 Å². The van der Waals surface area contributed by atoms with Gasteiger partial charge in [-0.05, 0) is 34.5 Å². The highest BCUT2D eigenvalue weighted by Crippen LogP contribution is 2.31. The maximum absolute atomic E-state index is 14.3. The molecule has 3 N–H and O–H groups in total. The molecule has 1 atom stereocenters. The third kappa shape index (κ3) is 2.66. The van der Waals surface area contributed by atoms with Crippen molar-refractivity contribution < 1.29 is 14.3 Å². The minimum atomic E-state index is -0.432. The van der Waals surface area contributed by atoms with Gasteiger partial charge < -0.3 is 20.6 Å². The number of ether oxygens (including phenoxy) is 1. The highest BCUT2D eigenvalue weighted by Gasteiger charge is 2.24. The van der Waals surface area contributed by atoms with Crippen molar-refractivity contribution in [3.63, 3.8) is 0 Å². The van der Waals surface area contributed by atoms with E-state index < -0.39 is 5.82 Å². The van der Waals surface area contributed by atoms with Gasteiger partial charge in [-0.2, -0.15) is 0 Å². The first-order valence-corrected chi connectivity index (χ1v) is 6.62. The van der Waals surface area contributed by atoms with E-state index in [1.165, 1.54) is 0 Å². The van der Waals surface area contributed by atoms with Crippen LogP contribution in [-0.4, -0.2) is 37.3 Å². The maximum Gasteiger partial charge on any atom is 0.171 e. The zero-order chi connectivity index (χ0) is 14.0. The molecule has 1 aliphatic rings. The maximum atomic E-state index is 14.3. The molecule has 0 aliphatic carbocycles. The SMILES string of the molecule is CN(c1ccc(/C(N)=N/O)c(Br)c1F)C1CCOC1. The van der Waals surface area contributed by atoms with Gasteiger partial charge in [0.25, 0.3) is 0 Å². The number of anilines is 1. The standard InChI is InChI=1S/C12H15BrFN3O2/c1-17(7-4-5-19-6-7)9-3-2-8(12(15)16-18)10(13)11(9)14/h2-3,7,18H,4-6H2,1H3,(H2,15,16). The van der Waals surface area contributed by atoms with Crippen LogP contribution in [0.15, 0.2) is 21.8 Å². The molecule has 104 valence electrons. The summed E-state index contributed by atoms with van der Waals surface area (Å²) in [5.41, 5.74) is 6.26. The van der Waals surface area contributed by atoms with Crippen molar-refractivity contribution in [1.82, 2.24) is 0 Å². The van der Waals surface area contributed by atoms with Crippen molar-refractivity contribution in [3.8, 4) is 0 Å². The molecular formula is C12H15BrFN3O2. The molecule has 1 aliphatic heterocycles. The van der Waals surface area contributed by atoms with Crippen LogP contribution in [0.3, 0.4) is 0 Å². The molecular weight excluding hydrogens is 317 g/mol. The molecule has 0 bridgehead atoms. The van der Waals surface area contributed by atoms with Crippen LogP contribution in [0.1, 0.15) is 12.0 Å². The normalized spacial score (nSPS) is 19.7. The number of benzene rings is 1. The van der Waals surface area contributed by atoms with Gasteiger partial charge in [0.1, 0.15) is 0 Å². The van der Waals surface area contributed by atoms with Crippen molar-refractivity contribution in [2.45, 2.75) is 12.5 Å². The molecule has 0 amide bonds. The second-order valence-electron chi connectivity index (χ2n) is 4.37. The second kappa shape index (κ2) is 5.75. The number of hydrogen-bond donors (Lipinski definition) is 2. The quantitative estimate of drug-likeness (QED) is 0.384. The van der Waals surface area contributed by atoms with Crippen LogP contribution in [0.5, 0.6) is 0 Å². The molecule has 2 rings (SSSR count). The van der Waals surface area contributed by atoms with Gasteiger partial charge in [-0.1, -0.05) is 5.16 Å². The van der Waals surface area contributed by atoms with Crippen molar-refractivity contribution in [3.05, 3.63) is 28.0 Å². The van der Waals surface area contributed by atoms with Crippen molar-refractivity contribution in [2.24, 2.45) is 10.9 Å². The number of hydrogen-bond acceptors (Lipinski definition) is 4. The number of likely N-dealkylation sites (N-methyl/N-ethyl adjacent to an activating group) is 1. The third-order valence-corrected chi connectivity index (χ3v) is 4.05. The first-order chi connectivity index (χ1) is 9.06. The van der Waals surface area contributed by atoms with Crippen LogP contribution < -0.4 is 10.6 Å². The molecule has 0 saturated carbocycles. The molecule has 5 nitrogen and oxygen atoms in total. The lowest BCUT2D eigenvalue weighted by Gasteiger charge is -2.26. The third-order valence-electron chi connectivity index (χ3n) is 3.28. The highest BCUT2D eigenvalue weighted by molar-refractivity contribution is 9.10. The smallest absolute Gasteiger partial charge is 0.171 e. The van der Waals surface area contributed by atoms with E-state index in [2.05, 4.69) is 21.1 Å². The lowest BCUT2D eigenvalue weighted by atomic mass is 10.1. The summed E-state index contributed by atoms with van der Waals surface area (Å²) < 4.78 is 19.8. The fourth-order valence-corrected chi connectivity index (χ4v) is 2.63. The summed E-state index contributed by atoms with van der Waals surface area (Å²) in [4.78, 5) is 1.85. The Hall–Kier alpha value is -1.34. The van der Waals surface area contributed by atoms with Gasteiger partial charge in [0, 0.05) is 19.2 Å². The first kappa shape index (κ1) is 14.1. The van der Waals surface area contributed by atoms with Crippen LogP contribution in [0, 0.1) is 5.82 Å². The molecule has 0 aromatic heterocycles. The van der Waals surface area contributed by atoms with E-state index in [1.54, 1.807) is 12.1 Å². The second-order valence-corrected chi connectivity index (χ2v) is 5.17. The number of amidine groups is 1. The number of halogens is 2. The van der Waals surface area contributed by atoms with E-state index in [0.29, 0.717) is 24.5 Å². The van der Waals surface area contributed by atoms with E-state index in [-0.39, 0.29) is 16.4 Å². The molecule has 1 fully saturated rings. The topological polar surface area (TPSA) is 71.1 Å². The molecule has 7 heteroatoms. The Morgan fingerprint density at radius 3 is 2.95 bits per heavy atom. The molecule has 1 saturated heterocycles. The van der Waals surface area contributed by atoms with Gasteiger partial charge in [0.05, 0.1) is 22.8 Å². The minimum Gasteiger partial charge on any atom is -0.409 e. The van der Waals surface area contributed by atoms with E-state index >= 15 is 0 Å². The predicted octanol–water partition coefficient (Wildman–Crippen LogP) is 1.91. The summed E-state index contributed by atoms with van der Waals surface area (Å²) in [5.74, 6) is -0.567. The van der Waals surface area contributed by atoms with Crippen LogP contribution >= 0.6 is 15.9 Å². The number of oxime groups is 1. The average molecular weight is 332 g/mol. The largest absolute Gasteiger partial charge is 0.409 e.